The van der Waals surface area contributed by atoms with Crippen molar-refractivity contribution in [2.45, 2.75) is 38.1 Å². The Balaban J connectivity index is 1.81. The van der Waals surface area contributed by atoms with Crippen LogP contribution >= 0.6 is 0 Å². The summed E-state index contributed by atoms with van der Waals surface area (Å²) in [6.07, 6.45) is 10.5. The van der Waals surface area contributed by atoms with E-state index < -0.39 is 0 Å². The van der Waals surface area contributed by atoms with Gasteiger partial charge in [-0.15, -0.1) is 0 Å². The molecule has 23 heavy (non-hydrogen) atoms. The van der Waals surface area contributed by atoms with Gasteiger partial charge in [0.2, 0.25) is 5.91 Å². The fourth-order valence-corrected chi connectivity index (χ4v) is 2.99. The van der Waals surface area contributed by atoms with Gasteiger partial charge in [-0.1, -0.05) is 30.9 Å². The standard InChI is InChI=1S/C19H25NO3/c1-3-4-5-14-6-9-16(10-7-14)20-19(22)13-15-8-11-17(21)18(12-15)23-2/h3-5,8,11-12,14,16,21H,1,6-7,9-10,13H2,2H3,(H,20,22)/b5-4+/t14-,16-. The van der Waals surface area contributed by atoms with Crippen LogP contribution < -0.4 is 10.1 Å². The molecule has 4 nitrogen and oxygen atoms in total. The molecule has 0 bridgehead atoms. The predicted molar refractivity (Wildman–Crippen MR) is 91.6 cm³/mol. The number of hydrogen-bond donors (Lipinski definition) is 2. The molecule has 1 aromatic carbocycles. The molecule has 2 rings (SSSR count). The highest BCUT2D eigenvalue weighted by atomic mass is 16.5. The van der Waals surface area contributed by atoms with Gasteiger partial charge < -0.3 is 15.2 Å². The number of amides is 1. The molecule has 1 amide bonds. The molecule has 4 heteroatoms. The summed E-state index contributed by atoms with van der Waals surface area (Å²) in [7, 11) is 1.50. The molecule has 0 aromatic heterocycles. The van der Waals surface area contributed by atoms with Crippen molar-refractivity contribution in [1.29, 1.82) is 0 Å². The van der Waals surface area contributed by atoms with Crippen LogP contribution in [0.2, 0.25) is 0 Å². The van der Waals surface area contributed by atoms with Crippen LogP contribution in [-0.4, -0.2) is 24.2 Å². The Kier molecular flexibility index (Phi) is 6.27. The number of rotatable bonds is 6. The number of aromatic hydroxyl groups is 1. The van der Waals surface area contributed by atoms with E-state index in [-0.39, 0.29) is 17.7 Å². The van der Waals surface area contributed by atoms with E-state index in [1.54, 1.807) is 24.3 Å². The molecule has 0 aliphatic heterocycles. The number of ether oxygens (including phenoxy) is 1. The number of methoxy groups -OCH3 is 1. The SMILES string of the molecule is C=C/C=C/[C@H]1CC[C@H](NC(=O)Cc2ccc(O)c(OC)c2)CC1. The number of phenols is 1. The van der Waals surface area contributed by atoms with Crippen molar-refractivity contribution in [2.75, 3.05) is 7.11 Å². The molecular weight excluding hydrogens is 290 g/mol. The van der Waals surface area contributed by atoms with E-state index in [1.807, 2.05) is 6.08 Å². The van der Waals surface area contributed by atoms with Gasteiger partial charge >= 0.3 is 0 Å². The van der Waals surface area contributed by atoms with E-state index in [9.17, 15) is 9.90 Å². The molecule has 1 aromatic rings. The first-order chi connectivity index (χ1) is 11.1. The Bertz CT molecular complexity index is 572. The van der Waals surface area contributed by atoms with Crippen LogP contribution in [-0.2, 0) is 11.2 Å². The number of benzene rings is 1. The van der Waals surface area contributed by atoms with E-state index in [0.29, 0.717) is 18.1 Å². The summed E-state index contributed by atoms with van der Waals surface area (Å²) in [5.41, 5.74) is 0.833. The van der Waals surface area contributed by atoms with Crippen molar-refractivity contribution in [3.63, 3.8) is 0 Å². The number of allylic oxidation sites excluding steroid dienone is 3. The fraction of sp³-hybridized carbons (Fsp3) is 0.421. The summed E-state index contributed by atoms with van der Waals surface area (Å²) in [5.74, 6) is 1.10. The van der Waals surface area contributed by atoms with E-state index in [4.69, 9.17) is 4.74 Å². The maximum absolute atomic E-state index is 12.2. The molecule has 0 unspecified atom stereocenters. The summed E-state index contributed by atoms with van der Waals surface area (Å²) < 4.78 is 5.07. The lowest BCUT2D eigenvalue weighted by atomic mass is 9.85. The van der Waals surface area contributed by atoms with E-state index in [0.717, 1.165) is 31.2 Å². The predicted octanol–water partition coefficient (Wildman–Crippen LogP) is 3.36. The minimum absolute atomic E-state index is 0.0165. The molecule has 1 aliphatic rings. The van der Waals surface area contributed by atoms with Gasteiger partial charge in [0.25, 0.3) is 0 Å². The van der Waals surface area contributed by atoms with Crippen LogP contribution in [0.15, 0.2) is 43.0 Å². The average Bonchev–Trinajstić information content (AvgIpc) is 2.56. The second-order valence-electron chi connectivity index (χ2n) is 5.98. The first-order valence-corrected chi connectivity index (χ1v) is 8.07. The van der Waals surface area contributed by atoms with Crippen molar-refractivity contribution in [3.05, 3.63) is 48.6 Å². The second kappa shape index (κ2) is 8.42. The van der Waals surface area contributed by atoms with Crippen LogP contribution in [0, 0.1) is 5.92 Å². The third kappa shape index (κ3) is 5.16. The van der Waals surface area contributed by atoms with Crippen LogP contribution in [0.25, 0.3) is 0 Å². The maximum atomic E-state index is 12.2. The van der Waals surface area contributed by atoms with Crippen LogP contribution in [0.1, 0.15) is 31.2 Å². The average molecular weight is 315 g/mol. The van der Waals surface area contributed by atoms with Crippen LogP contribution in [0.3, 0.4) is 0 Å². The first kappa shape index (κ1) is 17.1. The van der Waals surface area contributed by atoms with Gasteiger partial charge in [0, 0.05) is 6.04 Å². The summed E-state index contributed by atoms with van der Waals surface area (Å²) in [5, 5.41) is 12.7. The number of hydrogen-bond acceptors (Lipinski definition) is 3. The molecule has 1 saturated carbocycles. The summed E-state index contributed by atoms with van der Waals surface area (Å²) >= 11 is 0. The van der Waals surface area contributed by atoms with Crippen molar-refractivity contribution in [3.8, 4) is 11.5 Å². The number of nitrogens with one attached hydrogen (secondary N) is 1. The molecule has 124 valence electrons. The highest BCUT2D eigenvalue weighted by Crippen LogP contribution is 2.27. The zero-order valence-electron chi connectivity index (χ0n) is 13.6. The molecule has 2 N–H and O–H groups in total. The molecule has 0 spiro atoms. The molecule has 0 saturated heterocycles. The Morgan fingerprint density at radius 3 is 2.78 bits per heavy atom. The van der Waals surface area contributed by atoms with E-state index in [2.05, 4.69) is 18.0 Å². The number of carbonyl (C=O) groups is 1. The Labute approximate surface area is 137 Å². The van der Waals surface area contributed by atoms with Crippen LogP contribution in [0.5, 0.6) is 11.5 Å². The molecule has 1 fully saturated rings. The topological polar surface area (TPSA) is 58.6 Å². The first-order valence-electron chi connectivity index (χ1n) is 8.07. The smallest absolute Gasteiger partial charge is 0.224 e. The normalized spacial score (nSPS) is 21.1. The Morgan fingerprint density at radius 1 is 1.39 bits per heavy atom. The van der Waals surface area contributed by atoms with Crippen molar-refractivity contribution < 1.29 is 14.6 Å². The Hall–Kier alpha value is -2.23. The minimum atomic E-state index is 0.0165. The van der Waals surface area contributed by atoms with E-state index >= 15 is 0 Å². The van der Waals surface area contributed by atoms with Crippen molar-refractivity contribution >= 4 is 5.91 Å². The molecule has 0 atom stereocenters. The second-order valence-corrected chi connectivity index (χ2v) is 5.98. The summed E-state index contributed by atoms with van der Waals surface area (Å²) in [6, 6.07) is 5.26. The summed E-state index contributed by atoms with van der Waals surface area (Å²) in [6.45, 7) is 3.69. The van der Waals surface area contributed by atoms with Crippen molar-refractivity contribution in [1.82, 2.24) is 5.32 Å². The highest BCUT2D eigenvalue weighted by molar-refractivity contribution is 5.79. The van der Waals surface area contributed by atoms with Gasteiger partial charge in [-0.2, -0.15) is 0 Å². The maximum Gasteiger partial charge on any atom is 0.224 e. The number of phenolic OH excluding ortho intramolecular Hbond substituents is 1. The van der Waals surface area contributed by atoms with Gasteiger partial charge in [0.1, 0.15) is 0 Å². The quantitative estimate of drug-likeness (QED) is 0.791. The molecule has 1 aliphatic carbocycles. The zero-order valence-corrected chi connectivity index (χ0v) is 13.6. The summed E-state index contributed by atoms with van der Waals surface area (Å²) in [4.78, 5) is 12.2. The molecule has 0 radical (unpaired) electrons. The third-order valence-corrected chi connectivity index (χ3v) is 4.27. The van der Waals surface area contributed by atoms with Gasteiger partial charge in [-0.25, -0.2) is 0 Å². The lowest BCUT2D eigenvalue weighted by Gasteiger charge is -2.27. The highest BCUT2D eigenvalue weighted by Gasteiger charge is 2.21. The van der Waals surface area contributed by atoms with E-state index in [1.165, 1.54) is 7.11 Å². The van der Waals surface area contributed by atoms with Gasteiger partial charge in [0.15, 0.2) is 11.5 Å². The zero-order chi connectivity index (χ0) is 16.7. The van der Waals surface area contributed by atoms with Gasteiger partial charge in [0.05, 0.1) is 13.5 Å². The number of carbonyl (C=O) groups excluding carboxylic acids is 1. The Morgan fingerprint density at radius 2 is 2.13 bits per heavy atom. The lowest BCUT2D eigenvalue weighted by Crippen LogP contribution is -2.38. The van der Waals surface area contributed by atoms with Crippen molar-refractivity contribution in [2.24, 2.45) is 5.92 Å². The lowest BCUT2D eigenvalue weighted by molar-refractivity contribution is -0.121. The fourth-order valence-electron chi connectivity index (χ4n) is 2.99. The minimum Gasteiger partial charge on any atom is -0.504 e. The third-order valence-electron chi connectivity index (χ3n) is 4.27. The largest absolute Gasteiger partial charge is 0.504 e. The van der Waals surface area contributed by atoms with Gasteiger partial charge in [-0.3, -0.25) is 4.79 Å². The van der Waals surface area contributed by atoms with Crippen LogP contribution in [0.4, 0.5) is 0 Å². The monoisotopic (exact) mass is 315 g/mol. The molecule has 0 heterocycles. The van der Waals surface area contributed by atoms with Gasteiger partial charge in [-0.05, 0) is 49.3 Å². The molecular formula is C19H25NO3.